The number of rotatable bonds is 1. The van der Waals surface area contributed by atoms with Crippen LogP contribution in [0, 0.1) is 0 Å². The van der Waals surface area contributed by atoms with Gasteiger partial charge in [-0.1, -0.05) is 0 Å². The summed E-state index contributed by atoms with van der Waals surface area (Å²) in [5.41, 5.74) is 0. The monoisotopic (exact) mass is 238 g/mol. The molecule has 92 valence electrons. The van der Waals surface area contributed by atoms with Crippen molar-refractivity contribution in [3.05, 3.63) is 36.3 Å². The van der Waals surface area contributed by atoms with E-state index >= 15 is 0 Å². The Kier molecular flexibility index (Phi) is 2.56. The van der Waals surface area contributed by atoms with Crippen molar-refractivity contribution in [2.75, 3.05) is 0 Å². The van der Waals surface area contributed by atoms with Gasteiger partial charge in [0.2, 0.25) is 5.79 Å². The van der Waals surface area contributed by atoms with E-state index in [0.717, 1.165) is 0 Å². The van der Waals surface area contributed by atoms with Gasteiger partial charge in [-0.2, -0.15) is 0 Å². The summed E-state index contributed by atoms with van der Waals surface area (Å²) in [6.07, 6.45) is 3.74. The van der Waals surface area contributed by atoms with Gasteiger partial charge in [-0.25, -0.2) is 0 Å². The third-order valence-electron chi connectivity index (χ3n) is 3.15. The highest BCUT2D eigenvalue weighted by Gasteiger charge is 2.48. The zero-order chi connectivity index (χ0) is 11.9. The van der Waals surface area contributed by atoms with Crippen molar-refractivity contribution in [2.45, 2.75) is 37.1 Å². The van der Waals surface area contributed by atoms with Crippen LogP contribution in [0.3, 0.4) is 0 Å². The van der Waals surface area contributed by atoms with Gasteiger partial charge in [0, 0.05) is 0 Å². The maximum Gasteiger partial charge on any atom is 0.218 e. The van der Waals surface area contributed by atoms with Crippen molar-refractivity contribution in [3.8, 4) is 0 Å². The molecule has 4 atom stereocenters. The van der Waals surface area contributed by atoms with Crippen molar-refractivity contribution in [1.29, 1.82) is 0 Å². The normalized spacial score (nSPS) is 41.2. The molecule has 5 nitrogen and oxygen atoms in total. The Labute approximate surface area is 98.3 Å². The van der Waals surface area contributed by atoms with Gasteiger partial charge in [0.15, 0.2) is 6.29 Å². The molecule has 1 aromatic rings. The lowest BCUT2D eigenvalue weighted by atomic mass is 9.97. The van der Waals surface area contributed by atoms with Crippen LogP contribution in [0.25, 0.3) is 0 Å². The van der Waals surface area contributed by atoms with Crippen LogP contribution in [0.5, 0.6) is 0 Å². The molecule has 17 heavy (non-hydrogen) atoms. The minimum atomic E-state index is -1.24. The van der Waals surface area contributed by atoms with Crippen LogP contribution >= 0.6 is 0 Å². The summed E-state index contributed by atoms with van der Waals surface area (Å²) in [6, 6.07) is 3.61. The van der Waals surface area contributed by atoms with Crippen LogP contribution in [0.4, 0.5) is 0 Å². The number of aliphatic hydroxyl groups excluding tert-OH is 2. The van der Waals surface area contributed by atoms with Gasteiger partial charge in [0.25, 0.3) is 0 Å². The summed E-state index contributed by atoms with van der Waals surface area (Å²) < 4.78 is 16.3. The Morgan fingerprint density at radius 2 is 2.12 bits per heavy atom. The van der Waals surface area contributed by atoms with Gasteiger partial charge in [-0.05, 0) is 37.1 Å². The first-order valence-electron chi connectivity index (χ1n) is 5.64. The number of hydrogen-bond donors (Lipinski definition) is 2. The van der Waals surface area contributed by atoms with E-state index in [1.54, 1.807) is 18.4 Å². The fraction of sp³-hybridized carbons (Fsp3) is 0.500. The lowest BCUT2D eigenvalue weighted by Gasteiger charge is -2.39. The fourth-order valence-corrected chi connectivity index (χ4v) is 2.29. The zero-order valence-electron chi connectivity index (χ0n) is 9.15. The highest BCUT2D eigenvalue weighted by molar-refractivity contribution is 5.12. The van der Waals surface area contributed by atoms with Crippen molar-refractivity contribution >= 4 is 0 Å². The quantitative estimate of drug-likeness (QED) is 0.717. The number of ether oxygens (including phenoxy) is 2. The Morgan fingerprint density at radius 1 is 1.24 bits per heavy atom. The van der Waals surface area contributed by atoms with Gasteiger partial charge >= 0.3 is 0 Å². The Morgan fingerprint density at radius 3 is 2.76 bits per heavy atom. The first-order valence-corrected chi connectivity index (χ1v) is 5.64. The van der Waals surface area contributed by atoms with E-state index in [1.807, 2.05) is 6.07 Å². The van der Waals surface area contributed by atoms with Crippen LogP contribution in [-0.2, 0) is 9.47 Å². The van der Waals surface area contributed by atoms with E-state index in [0.29, 0.717) is 18.6 Å². The van der Waals surface area contributed by atoms with Crippen molar-refractivity contribution in [1.82, 2.24) is 0 Å². The second-order valence-electron chi connectivity index (χ2n) is 4.30. The molecule has 1 aromatic heterocycles. The second-order valence-corrected chi connectivity index (χ2v) is 4.30. The molecule has 1 saturated heterocycles. The standard InChI is InChI=1S/C12H14O5/c13-10-4-3-9(8-2-1-7-15-8)16-12(10)6-5-11(14)17-12/h1-2,5-7,9-11,13-14H,3-4H2/t9-,10-,11?,12+/m0/s1. The molecule has 3 heterocycles. The molecule has 0 bridgehead atoms. The average molecular weight is 238 g/mol. The lowest BCUT2D eigenvalue weighted by molar-refractivity contribution is -0.320. The van der Waals surface area contributed by atoms with Crippen LogP contribution in [0.15, 0.2) is 35.0 Å². The number of furan rings is 1. The Bertz CT molecular complexity index is 413. The maximum absolute atomic E-state index is 9.95. The van der Waals surface area contributed by atoms with Gasteiger partial charge in [-0.3, -0.25) is 0 Å². The molecule has 0 radical (unpaired) electrons. The predicted molar refractivity (Wildman–Crippen MR) is 56.7 cm³/mol. The SMILES string of the molecule is OC1C=C[C@]2(O1)O[C@H](c1ccco1)CC[C@@H]2O. The summed E-state index contributed by atoms with van der Waals surface area (Å²) in [4.78, 5) is 0. The molecule has 0 amide bonds. The van der Waals surface area contributed by atoms with E-state index in [1.165, 1.54) is 6.08 Å². The largest absolute Gasteiger partial charge is 0.467 e. The van der Waals surface area contributed by atoms with Gasteiger partial charge < -0.3 is 24.1 Å². The van der Waals surface area contributed by atoms with Gasteiger partial charge in [0.05, 0.1) is 6.26 Å². The highest BCUT2D eigenvalue weighted by atomic mass is 16.8. The molecule has 1 unspecified atom stereocenters. The van der Waals surface area contributed by atoms with Crippen molar-refractivity contribution in [2.24, 2.45) is 0 Å². The molecule has 1 spiro atoms. The topological polar surface area (TPSA) is 72.1 Å². The number of hydrogen-bond acceptors (Lipinski definition) is 5. The molecule has 3 rings (SSSR count). The van der Waals surface area contributed by atoms with Gasteiger partial charge in [0.1, 0.15) is 18.0 Å². The third-order valence-corrected chi connectivity index (χ3v) is 3.15. The maximum atomic E-state index is 9.95. The van der Waals surface area contributed by atoms with Crippen molar-refractivity contribution in [3.63, 3.8) is 0 Å². The fourth-order valence-electron chi connectivity index (χ4n) is 2.29. The second kappa shape index (κ2) is 3.96. The lowest BCUT2D eigenvalue weighted by Crippen LogP contribution is -2.48. The van der Waals surface area contributed by atoms with E-state index in [2.05, 4.69) is 0 Å². The first-order chi connectivity index (χ1) is 8.20. The molecule has 2 N–H and O–H groups in total. The molecule has 1 fully saturated rings. The molecule has 5 heteroatoms. The van der Waals surface area contributed by atoms with Crippen LogP contribution in [-0.4, -0.2) is 28.4 Å². The van der Waals surface area contributed by atoms with E-state index < -0.39 is 18.2 Å². The minimum absolute atomic E-state index is 0.261. The molecular weight excluding hydrogens is 224 g/mol. The first kappa shape index (κ1) is 11.0. The van der Waals surface area contributed by atoms with E-state index in [-0.39, 0.29) is 6.10 Å². The molecular formula is C12H14O5. The molecule has 0 aromatic carbocycles. The predicted octanol–water partition coefficient (Wildman–Crippen LogP) is 1.09. The minimum Gasteiger partial charge on any atom is -0.467 e. The van der Waals surface area contributed by atoms with Crippen LogP contribution in [0.2, 0.25) is 0 Å². The highest BCUT2D eigenvalue weighted by Crippen LogP contribution is 2.41. The van der Waals surface area contributed by atoms with Crippen LogP contribution < -0.4 is 0 Å². The summed E-state index contributed by atoms with van der Waals surface area (Å²) in [5.74, 6) is -0.538. The Hall–Kier alpha value is -1.14. The smallest absolute Gasteiger partial charge is 0.218 e. The third kappa shape index (κ3) is 1.81. The number of aliphatic hydroxyl groups is 2. The molecule has 0 aliphatic carbocycles. The van der Waals surface area contributed by atoms with E-state index in [9.17, 15) is 10.2 Å². The van der Waals surface area contributed by atoms with Crippen LogP contribution in [0.1, 0.15) is 24.7 Å². The Balaban J connectivity index is 1.83. The summed E-state index contributed by atoms with van der Waals surface area (Å²) in [6.45, 7) is 0. The molecule has 0 saturated carbocycles. The average Bonchev–Trinajstić information content (AvgIpc) is 2.93. The van der Waals surface area contributed by atoms with Crippen molar-refractivity contribution < 1.29 is 24.1 Å². The van der Waals surface area contributed by atoms with Gasteiger partial charge in [-0.15, -0.1) is 0 Å². The molecule has 2 aliphatic rings. The summed E-state index contributed by atoms with van der Waals surface area (Å²) in [5, 5.41) is 19.3. The van der Waals surface area contributed by atoms with E-state index in [4.69, 9.17) is 13.9 Å². The summed E-state index contributed by atoms with van der Waals surface area (Å²) in [7, 11) is 0. The zero-order valence-corrected chi connectivity index (χ0v) is 9.15. The molecule has 2 aliphatic heterocycles. The summed E-state index contributed by atoms with van der Waals surface area (Å²) >= 11 is 0.